The number of carbonyl (C=O) groups is 3. The first-order valence-corrected chi connectivity index (χ1v) is 10.6. The third kappa shape index (κ3) is 5.45. The third-order valence-electron chi connectivity index (χ3n) is 5.24. The smallest absolute Gasteiger partial charge is 0.410 e. The van der Waals surface area contributed by atoms with Crippen LogP contribution in [-0.4, -0.2) is 79.2 Å². The zero-order valence-electron chi connectivity index (χ0n) is 18.6. The molecule has 1 aromatic rings. The molecule has 1 fully saturated rings. The second-order valence-corrected chi connectivity index (χ2v) is 8.70. The Hall–Kier alpha value is -2.84. The highest BCUT2D eigenvalue weighted by Crippen LogP contribution is 2.29. The van der Waals surface area contributed by atoms with Gasteiger partial charge in [-0.25, -0.2) is 9.18 Å². The average Bonchev–Trinajstić information content (AvgIpc) is 2.69. The highest BCUT2D eigenvalue weighted by molar-refractivity contribution is 5.99. The molecule has 0 aliphatic carbocycles. The van der Waals surface area contributed by atoms with Crippen molar-refractivity contribution in [2.45, 2.75) is 39.7 Å². The fourth-order valence-electron chi connectivity index (χ4n) is 3.75. The highest BCUT2D eigenvalue weighted by atomic mass is 19.1. The van der Waals surface area contributed by atoms with Crippen molar-refractivity contribution in [3.63, 3.8) is 0 Å². The van der Waals surface area contributed by atoms with Gasteiger partial charge in [-0.2, -0.15) is 0 Å². The van der Waals surface area contributed by atoms with Crippen molar-refractivity contribution in [2.75, 3.05) is 50.8 Å². The molecule has 2 amide bonds. The van der Waals surface area contributed by atoms with Crippen molar-refractivity contribution in [1.82, 2.24) is 9.80 Å². The standard InChI is InChI=1S/C22H30FN3O5/c1-5-30-19(27)14-26-7-6-15-12-17(23)18(13-16(15)20(26)28)24-8-10-25(11-9-24)21(29)31-22(2,3)4/h12-13H,5-11,14H2,1-4H3. The summed E-state index contributed by atoms with van der Waals surface area (Å²) in [6.45, 7) is 9.27. The van der Waals surface area contributed by atoms with Gasteiger partial charge >= 0.3 is 12.1 Å². The van der Waals surface area contributed by atoms with Crippen LogP contribution in [0.4, 0.5) is 14.9 Å². The minimum Gasteiger partial charge on any atom is -0.465 e. The van der Waals surface area contributed by atoms with Gasteiger partial charge in [0, 0.05) is 38.3 Å². The monoisotopic (exact) mass is 435 g/mol. The van der Waals surface area contributed by atoms with E-state index >= 15 is 0 Å². The molecule has 0 N–H and O–H groups in total. The molecule has 1 aromatic carbocycles. The zero-order chi connectivity index (χ0) is 22.8. The Bertz CT molecular complexity index is 859. The number of esters is 1. The number of halogens is 1. The van der Waals surface area contributed by atoms with Crippen molar-refractivity contribution >= 4 is 23.7 Å². The molecular weight excluding hydrogens is 405 g/mol. The lowest BCUT2D eigenvalue weighted by Crippen LogP contribution is -2.50. The molecule has 0 unspecified atom stereocenters. The first-order chi connectivity index (χ1) is 14.6. The van der Waals surface area contributed by atoms with E-state index in [-0.39, 0.29) is 25.2 Å². The van der Waals surface area contributed by atoms with Crippen LogP contribution in [0.5, 0.6) is 0 Å². The maximum atomic E-state index is 14.8. The van der Waals surface area contributed by atoms with Gasteiger partial charge in [0.2, 0.25) is 0 Å². The minimum atomic E-state index is -0.575. The molecule has 0 bridgehead atoms. The van der Waals surface area contributed by atoms with Crippen LogP contribution in [0.15, 0.2) is 12.1 Å². The summed E-state index contributed by atoms with van der Waals surface area (Å²) >= 11 is 0. The molecule has 2 aliphatic heterocycles. The molecule has 8 nitrogen and oxygen atoms in total. The first-order valence-electron chi connectivity index (χ1n) is 10.6. The van der Waals surface area contributed by atoms with Crippen LogP contribution >= 0.6 is 0 Å². The van der Waals surface area contributed by atoms with E-state index in [9.17, 15) is 18.8 Å². The van der Waals surface area contributed by atoms with Crippen molar-refractivity contribution in [1.29, 1.82) is 0 Å². The van der Waals surface area contributed by atoms with E-state index in [1.54, 1.807) is 17.9 Å². The molecule has 0 spiro atoms. The van der Waals surface area contributed by atoms with Gasteiger partial charge in [-0.15, -0.1) is 0 Å². The van der Waals surface area contributed by atoms with Crippen LogP contribution in [-0.2, 0) is 20.7 Å². The van der Waals surface area contributed by atoms with Crippen molar-refractivity contribution in [3.8, 4) is 0 Å². The molecule has 0 saturated carbocycles. The summed E-state index contributed by atoms with van der Waals surface area (Å²) in [5, 5.41) is 0. The van der Waals surface area contributed by atoms with Gasteiger partial charge in [0.15, 0.2) is 0 Å². The molecule has 0 atom stereocenters. The van der Waals surface area contributed by atoms with E-state index in [4.69, 9.17) is 9.47 Å². The van der Waals surface area contributed by atoms with E-state index in [1.165, 1.54) is 11.0 Å². The number of nitrogens with zero attached hydrogens (tertiary/aromatic N) is 3. The number of carbonyl (C=O) groups excluding carboxylic acids is 3. The number of benzene rings is 1. The van der Waals surface area contributed by atoms with Crippen molar-refractivity contribution in [2.24, 2.45) is 0 Å². The number of rotatable bonds is 4. The van der Waals surface area contributed by atoms with Gasteiger partial charge in [-0.1, -0.05) is 0 Å². The summed E-state index contributed by atoms with van der Waals surface area (Å²) in [5.41, 5.74) is 0.795. The summed E-state index contributed by atoms with van der Waals surface area (Å²) in [4.78, 5) is 41.8. The number of ether oxygens (including phenoxy) is 2. The van der Waals surface area contributed by atoms with Crippen molar-refractivity contribution < 1.29 is 28.2 Å². The fourth-order valence-corrected chi connectivity index (χ4v) is 3.75. The Morgan fingerprint density at radius 3 is 2.39 bits per heavy atom. The fraction of sp³-hybridized carbons (Fsp3) is 0.591. The van der Waals surface area contributed by atoms with Crippen LogP contribution in [0.3, 0.4) is 0 Å². The van der Waals surface area contributed by atoms with E-state index in [1.807, 2.05) is 25.7 Å². The summed E-state index contributed by atoms with van der Waals surface area (Å²) in [6.07, 6.45) is 0.0900. The molecule has 2 aliphatic rings. The Labute approximate surface area is 181 Å². The topological polar surface area (TPSA) is 79.4 Å². The van der Waals surface area contributed by atoms with Crippen LogP contribution < -0.4 is 4.90 Å². The zero-order valence-corrected chi connectivity index (χ0v) is 18.6. The van der Waals surface area contributed by atoms with Crippen molar-refractivity contribution in [3.05, 3.63) is 29.1 Å². The molecule has 2 heterocycles. The minimum absolute atomic E-state index is 0.118. The molecule has 9 heteroatoms. The van der Waals surface area contributed by atoms with E-state index < -0.39 is 17.4 Å². The predicted molar refractivity (Wildman–Crippen MR) is 113 cm³/mol. The lowest BCUT2D eigenvalue weighted by molar-refractivity contribution is -0.143. The Balaban J connectivity index is 1.70. The van der Waals surface area contributed by atoms with E-state index in [0.717, 1.165) is 0 Å². The number of hydrogen-bond donors (Lipinski definition) is 0. The predicted octanol–water partition coefficient (Wildman–Crippen LogP) is 2.44. The Morgan fingerprint density at radius 2 is 1.77 bits per heavy atom. The van der Waals surface area contributed by atoms with Crippen LogP contribution in [0, 0.1) is 5.82 Å². The van der Waals surface area contributed by atoms with Gasteiger partial charge in [0.25, 0.3) is 5.91 Å². The van der Waals surface area contributed by atoms with Gasteiger partial charge in [-0.3, -0.25) is 9.59 Å². The van der Waals surface area contributed by atoms with Crippen LogP contribution in [0.1, 0.15) is 43.6 Å². The second kappa shape index (κ2) is 9.11. The second-order valence-electron chi connectivity index (χ2n) is 8.70. The SMILES string of the molecule is CCOC(=O)CN1CCc2cc(F)c(N3CCN(C(=O)OC(C)(C)C)CC3)cc2C1=O. The molecular formula is C22H30FN3O5. The number of hydrogen-bond acceptors (Lipinski definition) is 6. The summed E-state index contributed by atoms with van der Waals surface area (Å²) in [6, 6.07) is 2.97. The lowest BCUT2D eigenvalue weighted by Gasteiger charge is -2.37. The third-order valence-corrected chi connectivity index (χ3v) is 5.24. The first kappa shape index (κ1) is 22.8. The average molecular weight is 435 g/mol. The molecule has 0 radical (unpaired) electrons. The van der Waals surface area contributed by atoms with E-state index in [0.29, 0.717) is 56.0 Å². The number of piperazine rings is 1. The normalized spacial score (nSPS) is 16.8. The van der Waals surface area contributed by atoms with Gasteiger partial charge in [0.05, 0.1) is 12.3 Å². The van der Waals surface area contributed by atoms with Crippen LogP contribution in [0.2, 0.25) is 0 Å². The van der Waals surface area contributed by atoms with E-state index in [2.05, 4.69) is 0 Å². The van der Waals surface area contributed by atoms with Crippen LogP contribution in [0.25, 0.3) is 0 Å². The largest absolute Gasteiger partial charge is 0.465 e. The number of amides is 2. The lowest BCUT2D eigenvalue weighted by atomic mass is 9.97. The van der Waals surface area contributed by atoms with Gasteiger partial charge < -0.3 is 24.2 Å². The van der Waals surface area contributed by atoms with Gasteiger partial charge in [0.1, 0.15) is 18.0 Å². The van der Waals surface area contributed by atoms with Gasteiger partial charge in [-0.05, 0) is 51.8 Å². The number of anilines is 1. The maximum Gasteiger partial charge on any atom is 0.410 e. The molecule has 31 heavy (non-hydrogen) atoms. The molecule has 1 saturated heterocycles. The molecule has 170 valence electrons. The molecule has 3 rings (SSSR count). The quantitative estimate of drug-likeness (QED) is 0.676. The maximum absolute atomic E-state index is 14.8. The summed E-state index contributed by atoms with van der Waals surface area (Å²) < 4.78 is 25.2. The Kier molecular flexibility index (Phi) is 6.71. The summed E-state index contributed by atoms with van der Waals surface area (Å²) in [7, 11) is 0. The molecule has 0 aromatic heterocycles. The number of fused-ring (bicyclic) bond motifs is 1. The highest BCUT2D eigenvalue weighted by Gasteiger charge is 2.31. The Morgan fingerprint density at radius 1 is 1.10 bits per heavy atom. The summed E-state index contributed by atoms with van der Waals surface area (Å²) in [5.74, 6) is -1.15.